The van der Waals surface area contributed by atoms with Crippen molar-refractivity contribution in [3.05, 3.63) is 0 Å². The highest BCUT2D eigenvalue weighted by molar-refractivity contribution is 4.77. The Morgan fingerprint density at radius 1 is 1.56 bits per heavy atom. The molecule has 3 N–H and O–H groups in total. The maximum atomic E-state index is 7.81. The first kappa shape index (κ1) is 6.91. The van der Waals surface area contributed by atoms with Crippen molar-refractivity contribution in [2.75, 3.05) is 13.2 Å². The van der Waals surface area contributed by atoms with Gasteiger partial charge in [-0.15, -0.1) is 0 Å². The first-order valence-electron chi connectivity index (χ1n) is 2.65. The van der Waals surface area contributed by atoms with E-state index in [2.05, 4.69) is 9.93 Å². The van der Waals surface area contributed by atoms with Crippen molar-refractivity contribution in [1.29, 1.82) is 0 Å². The molecule has 1 rings (SSSR count). The summed E-state index contributed by atoms with van der Waals surface area (Å²) in [7, 11) is 0. The molecule has 1 aliphatic rings. The second-order valence-corrected chi connectivity index (χ2v) is 1.91. The molecule has 9 heavy (non-hydrogen) atoms. The van der Waals surface area contributed by atoms with Gasteiger partial charge in [-0.2, -0.15) is 4.89 Å². The fourth-order valence-corrected chi connectivity index (χ4v) is 0.706. The molecule has 54 valence electrons. The van der Waals surface area contributed by atoms with Gasteiger partial charge in [0.2, 0.25) is 0 Å². The Balaban J connectivity index is 2.22. The van der Waals surface area contributed by atoms with Gasteiger partial charge in [0, 0.05) is 0 Å². The van der Waals surface area contributed by atoms with Crippen LogP contribution in [0.2, 0.25) is 0 Å². The van der Waals surface area contributed by atoms with Crippen LogP contribution in [-0.4, -0.2) is 30.6 Å². The molecule has 0 radical (unpaired) electrons. The van der Waals surface area contributed by atoms with E-state index in [0.29, 0.717) is 13.2 Å². The zero-order chi connectivity index (χ0) is 6.69. The number of nitrogens with two attached hydrogens (primary N) is 1. The molecule has 0 aliphatic carbocycles. The molecule has 0 amide bonds. The lowest BCUT2D eigenvalue weighted by Crippen LogP contribution is -2.34. The second kappa shape index (κ2) is 3.09. The molecule has 1 saturated heterocycles. The lowest BCUT2D eigenvalue weighted by Gasteiger charge is -2.08. The third-order valence-corrected chi connectivity index (χ3v) is 1.24. The van der Waals surface area contributed by atoms with Crippen LogP contribution >= 0.6 is 0 Å². The van der Waals surface area contributed by atoms with Crippen molar-refractivity contribution in [1.82, 2.24) is 0 Å². The molecule has 5 nitrogen and oxygen atoms in total. The fourth-order valence-electron chi connectivity index (χ4n) is 0.706. The van der Waals surface area contributed by atoms with Crippen LogP contribution in [0.1, 0.15) is 0 Å². The second-order valence-electron chi connectivity index (χ2n) is 1.91. The van der Waals surface area contributed by atoms with Crippen LogP contribution in [0.4, 0.5) is 0 Å². The molecule has 0 aromatic heterocycles. The van der Waals surface area contributed by atoms with Crippen molar-refractivity contribution < 1.29 is 19.9 Å². The summed E-state index contributed by atoms with van der Waals surface area (Å²) in [6.07, 6.45) is -0.338. The van der Waals surface area contributed by atoms with Crippen molar-refractivity contribution >= 4 is 0 Å². The fraction of sp³-hybridized carbons (Fsp3) is 1.00. The smallest absolute Gasteiger partial charge is 0.137 e. The van der Waals surface area contributed by atoms with E-state index in [1.807, 2.05) is 0 Å². The molecule has 0 aromatic rings. The van der Waals surface area contributed by atoms with Gasteiger partial charge in [0.05, 0.1) is 19.3 Å². The maximum absolute atomic E-state index is 7.81. The van der Waals surface area contributed by atoms with Crippen LogP contribution in [0.5, 0.6) is 0 Å². The van der Waals surface area contributed by atoms with Gasteiger partial charge in [0.25, 0.3) is 0 Å². The lowest BCUT2D eigenvalue weighted by atomic mass is 10.2. The Bertz CT molecular complexity index is 88.6. The summed E-state index contributed by atoms with van der Waals surface area (Å²) in [6, 6.07) is -0.197. The monoisotopic (exact) mass is 135 g/mol. The zero-order valence-corrected chi connectivity index (χ0v) is 4.82. The van der Waals surface area contributed by atoms with Gasteiger partial charge >= 0.3 is 0 Å². The highest BCUT2D eigenvalue weighted by Gasteiger charge is 2.26. The molecular weight excluding hydrogens is 126 g/mol. The molecule has 1 fully saturated rings. The lowest BCUT2D eigenvalue weighted by molar-refractivity contribution is -0.505. The van der Waals surface area contributed by atoms with Crippen molar-refractivity contribution in [2.24, 2.45) is 5.73 Å². The zero-order valence-electron chi connectivity index (χ0n) is 4.82. The van der Waals surface area contributed by atoms with Crippen LogP contribution in [-0.2, 0) is 14.7 Å². The predicted molar refractivity (Wildman–Crippen MR) is 27.4 cm³/mol. The topological polar surface area (TPSA) is 73.9 Å². The molecule has 1 aliphatic heterocycles. The molecule has 0 spiro atoms. The number of rotatable bonds is 2. The van der Waals surface area contributed by atoms with E-state index in [9.17, 15) is 0 Å². The summed E-state index contributed by atoms with van der Waals surface area (Å²) >= 11 is 0. The normalized spacial score (nSPS) is 35.3. The summed E-state index contributed by atoms with van der Waals surface area (Å²) in [6.45, 7) is 0.829. The molecular formula is C4H9NO4. The van der Waals surface area contributed by atoms with Crippen LogP contribution in [0.25, 0.3) is 0 Å². The summed E-state index contributed by atoms with van der Waals surface area (Å²) in [5.74, 6) is 0. The number of hydrogen-bond acceptors (Lipinski definition) is 5. The van der Waals surface area contributed by atoms with Crippen LogP contribution in [0.15, 0.2) is 0 Å². The standard InChI is InChI=1S/C4H9NO4/c5-3-1-7-2-4(3)8-9-6/h3-4,6H,1-2,5H2/t3-,4-/m1/s1. The molecule has 1 heterocycles. The Labute approximate surface area is 52.2 Å². The minimum absolute atomic E-state index is 0.197. The van der Waals surface area contributed by atoms with E-state index >= 15 is 0 Å². The number of hydrogen-bond donors (Lipinski definition) is 2. The summed E-state index contributed by atoms with van der Waals surface area (Å²) in [5.41, 5.74) is 5.42. The minimum Gasteiger partial charge on any atom is -0.377 e. The van der Waals surface area contributed by atoms with Gasteiger partial charge in [-0.1, -0.05) is 5.04 Å². The highest BCUT2D eigenvalue weighted by Crippen LogP contribution is 2.06. The Morgan fingerprint density at radius 2 is 2.33 bits per heavy atom. The van der Waals surface area contributed by atoms with E-state index in [1.165, 1.54) is 0 Å². The van der Waals surface area contributed by atoms with Gasteiger partial charge in [0.1, 0.15) is 6.10 Å². The van der Waals surface area contributed by atoms with E-state index in [-0.39, 0.29) is 12.1 Å². The molecule has 0 aromatic carbocycles. The van der Waals surface area contributed by atoms with Crippen molar-refractivity contribution in [2.45, 2.75) is 12.1 Å². The molecule has 5 heteroatoms. The Hall–Kier alpha value is -0.200. The van der Waals surface area contributed by atoms with E-state index in [0.717, 1.165) is 0 Å². The SMILES string of the molecule is N[C@@H]1COC[C@H]1OOO. The summed E-state index contributed by atoms with van der Waals surface area (Å²) in [4.78, 5) is 4.32. The average molecular weight is 135 g/mol. The van der Waals surface area contributed by atoms with Gasteiger partial charge in [-0.25, -0.2) is 5.26 Å². The highest BCUT2D eigenvalue weighted by atomic mass is 17.5. The predicted octanol–water partition coefficient (Wildman–Crippen LogP) is -0.866. The van der Waals surface area contributed by atoms with Gasteiger partial charge < -0.3 is 10.5 Å². The van der Waals surface area contributed by atoms with Gasteiger partial charge in [-0.3, -0.25) is 0 Å². The average Bonchev–Trinajstić information content (AvgIpc) is 2.18. The largest absolute Gasteiger partial charge is 0.377 e. The van der Waals surface area contributed by atoms with Crippen LogP contribution in [0.3, 0.4) is 0 Å². The quantitative estimate of drug-likeness (QED) is 0.380. The third kappa shape index (κ3) is 1.60. The van der Waals surface area contributed by atoms with Crippen molar-refractivity contribution in [3.63, 3.8) is 0 Å². The molecule has 0 bridgehead atoms. The van der Waals surface area contributed by atoms with Crippen LogP contribution in [0, 0.1) is 0 Å². The number of ether oxygens (including phenoxy) is 1. The first-order chi connectivity index (χ1) is 4.34. The summed E-state index contributed by atoms with van der Waals surface area (Å²) < 4.78 is 4.88. The van der Waals surface area contributed by atoms with E-state index < -0.39 is 0 Å². The van der Waals surface area contributed by atoms with E-state index in [4.69, 9.17) is 15.7 Å². The molecule has 0 saturated carbocycles. The first-order valence-corrected chi connectivity index (χ1v) is 2.65. The minimum atomic E-state index is -0.338. The van der Waals surface area contributed by atoms with Gasteiger partial charge in [-0.05, 0) is 0 Å². The molecule has 0 unspecified atom stereocenters. The molecule has 2 atom stereocenters. The van der Waals surface area contributed by atoms with Crippen LogP contribution < -0.4 is 5.73 Å². The van der Waals surface area contributed by atoms with E-state index in [1.54, 1.807) is 0 Å². The van der Waals surface area contributed by atoms with Gasteiger partial charge in [0.15, 0.2) is 0 Å². The Kier molecular flexibility index (Phi) is 2.38. The van der Waals surface area contributed by atoms with Crippen molar-refractivity contribution in [3.8, 4) is 0 Å². The Morgan fingerprint density at radius 3 is 2.78 bits per heavy atom. The third-order valence-electron chi connectivity index (χ3n) is 1.24. The maximum Gasteiger partial charge on any atom is 0.137 e. The summed E-state index contributed by atoms with van der Waals surface area (Å²) in [5, 5.41) is 11.2.